The molecule has 1 fully saturated rings. The lowest BCUT2D eigenvalue weighted by Gasteiger charge is -2.29. The Morgan fingerprint density at radius 2 is 2.16 bits per heavy atom. The molecule has 25 heavy (non-hydrogen) atoms. The molecule has 2 heterocycles. The average Bonchev–Trinajstić information content (AvgIpc) is 3.26. The summed E-state index contributed by atoms with van der Waals surface area (Å²) in [4.78, 5) is 29.4. The predicted octanol–water partition coefficient (Wildman–Crippen LogP) is 3.65. The van der Waals surface area contributed by atoms with Gasteiger partial charge in [0.15, 0.2) is 6.61 Å². The summed E-state index contributed by atoms with van der Waals surface area (Å²) in [5.74, 6) is -0.154. The number of carbonyl (C=O) groups is 2. The molecule has 0 radical (unpaired) electrons. The fourth-order valence-corrected chi connectivity index (χ4v) is 4.66. The molecule has 1 N–H and O–H groups in total. The Bertz CT molecular complexity index is 712. The van der Waals surface area contributed by atoms with Crippen molar-refractivity contribution in [1.29, 1.82) is 0 Å². The number of amides is 1. The number of carbonyl (C=O) groups excluding carboxylic acids is 2. The van der Waals surface area contributed by atoms with E-state index in [4.69, 9.17) is 4.74 Å². The third-order valence-electron chi connectivity index (χ3n) is 4.43. The van der Waals surface area contributed by atoms with Gasteiger partial charge >= 0.3 is 5.97 Å². The molecule has 0 aliphatic heterocycles. The third kappa shape index (κ3) is 5.12. The average molecular weight is 379 g/mol. The van der Waals surface area contributed by atoms with Crippen LogP contribution in [0.15, 0.2) is 22.9 Å². The first kappa shape index (κ1) is 18.1. The van der Waals surface area contributed by atoms with E-state index in [1.807, 2.05) is 22.9 Å². The summed E-state index contributed by atoms with van der Waals surface area (Å²) >= 11 is 3.13. The second-order valence-electron chi connectivity index (χ2n) is 6.39. The lowest BCUT2D eigenvalue weighted by molar-refractivity contribution is -0.148. The second-order valence-corrected chi connectivity index (χ2v) is 8.20. The fourth-order valence-electron chi connectivity index (χ4n) is 3.03. The summed E-state index contributed by atoms with van der Waals surface area (Å²) < 4.78 is 5.10. The van der Waals surface area contributed by atoms with Crippen LogP contribution in [0.25, 0.3) is 9.88 Å². The molecular formula is C18H22N2O3S2. The van der Waals surface area contributed by atoms with Crippen molar-refractivity contribution in [2.45, 2.75) is 45.1 Å². The van der Waals surface area contributed by atoms with Gasteiger partial charge in [0.2, 0.25) is 0 Å². The van der Waals surface area contributed by atoms with Gasteiger partial charge in [-0.15, -0.1) is 22.7 Å². The van der Waals surface area contributed by atoms with Crippen LogP contribution < -0.4 is 5.32 Å². The Labute approximate surface area is 155 Å². The zero-order chi connectivity index (χ0) is 17.6. The molecule has 0 bridgehead atoms. The Kier molecular flexibility index (Phi) is 6.20. The van der Waals surface area contributed by atoms with Crippen molar-refractivity contribution in [3.63, 3.8) is 0 Å². The van der Waals surface area contributed by atoms with Gasteiger partial charge in [-0.2, -0.15) is 0 Å². The van der Waals surface area contributed by atoms with E-state index in [-0.39, 0.29) is 25.0 Å². The highest BCUT2D eigenvalue weighted by atomic mass is 32.1. The number of rotatable bonds is 6. The van der Waals surface area contributed by atoms with Crippen molar-refractivity contribution >= 4 is 34.6 Å². The maximum absolute atomic E-state index is 12.0. The molecule has 7 heteroatoms. The molecule has 2 aromatic heterocycles. The van der Waals surface area contributed by atoms with Gasteiger partial charge < -0.3 is 10.1 Å². The van der Waals surface area contributed by atoms with Gasteiger partial charge in [-0.25, -0.2) is 4.98 Å². The van der Waals surface area contributed by atoms with Crippen LogP contribution in [0.5, 0.6) is 0 Å². The van der Waals surface area contributed by atoms with E-state index in [0.29, 0.717) is 11.6 Å². The first-order valence-electron chi connectivity index (χ1n) is 8.55. The van der Waals surface area contributed by atoms with Gasteiger partial charge in [0.25, 0.3) is 5.91 Å². The van der Waals surface area contributed by atoms with Crippen molar-refractivity contribution in [1.82, 2.24) is 10.3 Å². The van der Waals surface area contributed by atoms with Crippen molar-refractivity contribution in [2.75, 3.05) is 6.61 Å². The summed E-state index contributed by atoms with van der Waals surface area (Å²) in [5.41, 5.74) is 0.680. The molecule has 3 rings (SSSR count). The van der Waals surface area contributed by atoms with Crippen LogP contribution in [0.1, 0.15) is 38.3 Å². The molecule has 0 saturated heterocycles. The first-order valence-corrected chi connectivity index (χ1v) is 10.3. The van der Waals surface area contributed by atoms with E-state index in [1.54, 1.807) is 11.3 Å². The minimum atomic E-state index is -0.421. The molecule has 1 aliphatic carbocycles. The van der Waals surface area contributed by atoms with Crippen molar-refractivity contribution in [3.05, 3.63) is 28.6 Å². The highest BCUT2D eigenvalue weighted by Gasteiger charge is 2.23. The Balaban J connectivity index is 1.42. The summed E-state index contributed by atoms with van der Waals surface area (Å²) in [6.45, 7) is 1.94. The van der Waals surface area contributed by atoms with Crippen LogP contribution in [0.3, 0.4) is 0 Å². The fraction of sp³-hybridized carbons (Fsp3) is 0.500. The van der Waals surface area contributed by atoms with Gasteiger partial charge in [0.05, 0.1) is 17.0 Å². The Hall–Kier alpha value is -1.73. The predicted molar refractivity (Wildman–Crippen MR) is 99.7 cm³/mol. The van der Waals surface area contributed by atoms with E-state index in [2.05, 4.69) is 17.2 Å². The SMILES string of the molecule is C[C@@H]1CCCC[C@@H]1NC(=O)COC(=O)Cc1csc(-c2cccs2)n1. The quantitative estimate of drug-likeness (QED) is 0.779. The second kappa shape index (κ2) is 8.58. The van der Waals surface area contributed by atoms with Crippen LogP contribution in [-0.2, 0) is 20.7 Å². The van der Waals surface area contributed by atoms with Gasteiger partial charge in [0, 0.05) is 11.4 Å². The molecular weight excluding hydrogens is 356 g/mol. The first-order chi connectivity index (χ1) is 12.1. The number of thiophene rings is 1. The highest BCUT2D eigenvalue weighted by molar-refractivity contribution is 7.20. The zero-order valence-electron chi connectivity index (χ0n) is 14.2. The van der Waals surface area contributed by atoms with Crippen LogP contribution in [-0.4, -0.2) is 29.5 Å². The Morgan fingerprint density at radius 3 is 2.92 bits per heavy atom. The van der Waals surface area contributed by atoms with Gasteiger partial charge in [-0.05, 0) is 30.2 Å². The summed E-state index contributed by atoms with van der Waals surface area (Å²) in [5, 5.41) is 7.74. The third-order valence-corrected chi connectivity index (χ3v) is 6.36. The van der Waals surface area contributed by atoms with Gasteiger partial charge in [-0.3, -0.25) is 9.59 Å². The molecule has 0 unspecified atom stereocenters. The van der Waals surface area contributed by atoms with E-state index in [1.165, 1.54) is 17.8 Å². The lowest BCUT2D eigenvalue weighted by atomic mass is 9.86. The summed E-state index contributed by atoms with van der Waals surface area (Å²) in [6.07, 6.45) is 4.61. The minimum Gasteiger partial charge on any atom is -0.455 e. The van der Waals surface area contributed by atoms with E-state index in [0.717, 1.165) is 29.1 Å². The molecule has 1 amide bonds. The lowest BCUT2D eigenvalue weighted by Crippen LogP contribution is -2.42. The summed E-state index contributed by atoms with van der Waals surface area (Å²) in [7, 11) is 0. The van der Waals surface area contributed by atoms with Crippen molar-refractivity contribution < 1.29 is 14.3 Å². The maximum Gasteiger partial charge on any atom is 0.312 e. The maximum atomic E-state index is 12.0. The van der Waals surface area contributed by atoms with Gasteiger partial charge in [0.1, 0.15) is 5.01 Å². The number of esters is 1. The van der Waals surface area contributed by atoms with E-state index >= 15 is 0 Å². The monoisotopic (exact) mass is 378 g/mol. The molecule has 0 aromatic carbocycles. The Morgan fingerprint density at radius 1 is 1.32 bits per heavy atom. The van der Waals surface area contributed by atoms with Crippen molar-refractivity contribution in [2.24, 2.45) is 5.92 Å². The van der Waals surface area contributed by atoms with Crippen LogP contribution in [0.4, 0.5) is 0 Å². The molecule has 1 aliphatic rings. The number of aromatic nitrogens is 1. The highest BCUT2D eigenvalue weighted by Crippen LogP contribution is 2.28. The van der Waals surface area contributed by atoms with Crippen molar-refractivity contribution in [3.8, 4) is 9.88 Å². The standard InChI is InChI=1S/C18H22N2O3S2/c1-12-5-2-3-6-14(12)20-16(21)10-23-17(22)9-13-11-25-18(19-13)15-7-4-8-24-15/h4,7-8,11-12,14H,2-3,5-6,9-10H2,1H3,(H,20,21)/t12-,14+/m1/s1. The smallest absolute Gasteiger partial charge is 0.312 e. The normalized spacial score (nSPS) is 20.2. The number of nitrogens with one attached hydrogen (secondary N) is 1. The molecule has 2 aromatic rings. The van der Waals surface area contributed by atoms with E-state index in [9.17, 15) is 9.59 Å². The number of hydrogen-bond donors (Lipinski definition) is 1. The molecule has 2 atom stereocenters. The largest absolute Gasteiger partial charge is 0.455 e. The van der Waals surface area contributed by atoms with Crippen LogP contribution >= 0.6 is 22.7 Å². The number of hydrogen-bond acceptors (Lipinski definition) is 6. The molecule has 1 saturated carbocycles. The topological polar surface area (TPSA) is 68.3 Å². The number of thiazole rings is 1. The van der Waals surface area contributed by atoms with Crippen LogP contribution in [0, 0.1) is 5.92 Å². The molecule has 5 nitrogen and oxygen atoms in total. The van der Waals surface area contributed by atoms with E-state index < -0.39 is 5.97 Å². The zero-order valence-corrected chi connectivity index (χ0v) is 15.8. The van der Waals surface area contributed by atoms with Crippen LogP contribution in [0.2, 0.25) is 0 Å². The summed E-state index contributed by atoms with van der Waals surface area (Å²) in [6, 6.07) is 4.18. The molecule has 0 spiro atoms. The van der Waals surface area contributed by atoms with Gasteiger partial charge in [-0.1, -0.05) is 25.8 Å². The minimum absolute atomic E-state index is 0.0922. The molecule has 134 valence electrons. The number of ether oxygens (including phenoxy) is 1. The number of nitrogens with zero attached hydrogens (tertiary/aromatic N) is 1.